The van der Waals surface area contributed by atoms with Gasteiger partial charge in [-0.05, 0) is 32.3 Å². The van der Waals surface area contributed by atoms with Crippen molar-refractivity contribution in [3.8, 4) is 0 Å². The van der Waals surface area contributed by atoms with Gasteiger partial charge in [-0.2, -0.15) is 0 Å². The minimum Gasteiger partial charge on any atom is -0.376 e. The zero-order valence-electron chi connectivity index (χ0n) is 10.6. The highest BCUT2D eigenvalue weighted by molar-refractivity contribution is 5.85. The molecule has 1 aliphatic rings. The molecule has 0 saturated carbocycles. The maximum atomic E-state index is 6.04. The van der Waals surface area contributed by atoms with Crippen LogP contribution in [0.1, 0.15) is 32.3 Å². The Morgan fingerprint density at radius 2 is 1.88 bits per heavy atom. The second-order valence-corrected chi connectivity index (χ2v) is 5.39. The van der Waals surface area contributed by atoms with Crippen LogP contribution in [0.15, 0.2) is 30.3 Å². The van der Waals surface area contributed by atoms with Crippen LogP contribution >= 0.6 is 12.4 Å². The third-order valence-corrected chi connectivity index (χ3v) is 3.61. The molecule has 3 heteroatoms. The minimum atomic E-state index is -0.0620. The number of hydrogen-bond donors (Lipinski definition) is 1. The molecule has 1 atom stereocenters. The molecular weight excluding hydrogens is 234 g/mol. The van der Waals surface area contributed by atoms with Crippen LogP contribution in [0.2, 0.25) is 0 Å². The van der Waals surface area contributed by atoms with E-state index in [9.17, 15) is 0 Å². The molecule has 1 saturated heterocycles. The zero-order chi connectivity index (χ0) is 11.6. The maximum absolute atomic E-state index is 6.04. The molecular formula is C14H22ClNO. The Bertz CT molecular complexity index is 352. The van der Waals surface area contributed by atoms with Crippen molar-refractivity contribution in [2.24, 2.45) is 5.73 Å². The highest BCUT2D eigenvalue weighted by atomic mass is 35.5. The van der Waals surface area contributed by atoms with Gasteiger partial charge >= 0.3 is 0 Å². The summed E-state index contributed by atoms with van der Waals surface area (Å²) < 4.78 is 5.79. The summed E-state index contributed by atoms with van der Waals surface area (Å²) >= 11 is 0. The summed E-state index contributed by atoms with van der Waals surface area (Å²) in [6.07, 6.45) is 2.03. The molecule has 17 heavy (non-hydrogen) atoms. The van der Waals surface area contributed by atoms with E-state index in [1.54, 1.807) is 0 Å². The van der Waals surface area contributed by atoms with Crippen LogP contribution in [-0.2, 0) is 10.2 Å². The van der Waals surface area contributed by atoms with Gasteiger partial charge in [0, 0.05) is 18.6 Å². The molecule has 0 bridgehead atoms. The Labute approximate surface area is 110 Å². The summed E-state index contributed by atoms with van der Waals surface area (Å²) in [5.74, 6) is 0. The summed E-state index contributed by atoms with van der Waals surface area (Å²) in [4.78, 5) is 0. The highest BCUT2D eigenvalue weighted by Crippen LogP contribution is 2.40. The van der Waals surface area contributed by atoms with Crippen molar-refractivity contribution in [3.63, 3.8) is 0 Å². The van der Waals surface area contributed by atoms with Crippen molar-refractivity contribution < 1.29 is 4.74 Å². The van der Waals surface area contributed by atoms with Gasteiger partial charge in [0.25, 0.3) is 0 Å². The molecule has 0 spiro atoms. The van der Waals surface area contributed by atoms with E-state index < -0.39 is 0 Å². The van der Waals surface area contributed by atoms with Crippen molar-refractivity contribution in [2.45, 2.75) is 37.7 Å². The molecule has 1 aromatic rings. The lowest BCUT2D eigenvalue weighted by Crippen LogP contribution is -2.48. The van der Waals surface area contributed by atoms with E-state index in [1.807, 2.05) is 0 Å². The Kier molecular flexibility index (Phi) is 4.59. The van der Waals surface area contributed by atoms with E-state index in [-0.39, 0.29) is 23.4 Å². The third-order valence-electron chi connectivity index (χ3n) is 3.61. The van der Waals surface area contributed by atoms with Gasteiger partial charge in [0.05, 0.1) is 5.60 Å². The summed E-state index contributed by atoms with van der Waals surface area (Å²) in [6.45, 7) is 5.81. The quantitative estimate of drug-likeness (QED) is 0.882. The Hall–Kier alpha value is -0.570. The average Bonchev–Trinajstić information content (AvgIpc) is 2.29. The molecule has 2 N–H and O–H groups in total. The van der Waals surface area contributed by atoms with Crippen LogP contribution in [0.4, 0.5) is 0 Å². The number of rotatable bonds is 2. The van der Waals surface area contributed by atoms with E-state index in [2.05, 4.69) is 44.2 Å². The summed E-state index contributed by atoms with van der Waals surface area (Å²) in [7, 11) is 0. The molecule has 2 rings (SSSR count). The van der Waals surface area contributed by atoms with Gasteiger partial charge in [-0.1, -0.05) is 30.3 Å². The summed E-state index contributed by atoms with van der Waals surface area (Å²) in [5, 5.41) is 0. The molecule has 0 radical (unpaired) electrons. The molecule has 0 aliphatic carbocycles. The fourth-order valence-corrected chi connectivity index (χ4v) is 2.81. The molecule has 1 heterocycles. The van der Waals surface area contributed by atoms with E-state index in [1.165, 1.54) is 5.56 Å². The number of ether oxygens (including phenoxy) is 1. The molecule has 1 fully saturated rings. The monoisotopic (exact) mass is 255 g/mol. The zero-order valence-corrected chi connectivity index (χ0v) is 11.4. The van der Waals surface area contributed by atoms with Crippen LogP contribution in [0.25, 0.3) is 0 Å². The largest absolute Gasteiger partial charge is 0.376 e. The van der Waals surface area contributed by atoms with Crippen molar-refractivity contribution in [1.29, 1.82) is 0 Å². The first-order chi connectivity index (χ1) is 7.58. The topological polar surface area (TPSA) is 35.2 Å². The third kappa shape index (κ3) is 3.01. The smallest absolute Gasteiger partial charge is 0.0635 e. The van der Waals surface area contributed by atoms with E-state index in [0.717, 1.165) is 19.4 Å². The first kappa shape index (κ1) is 14.5. The van der Waals surface area contributed by atoms with Crippen molar-refractivity contribution >= 4 is 12.4 Å². The normalized spacial score (nSPS) is 27.2. The van der Waals surface area contributed by atoms with Crippen LogP contribution < -0.4 is 5.73 Å². The van der Waals surface area contributed by atoms with E-state index in [0.29, 0.717) is 6.54 Å². The van der Waals surface area contributed by atoms with Crippen molar-refractivity contribution in [1.82, 2.24) is 0 Å². The second-order valence-electron chi connectivity index (χ2n) is 5.39. The Balaban J connectivity index is 0.00000144. The first-order valence-corrected chi connectivity index (χ1v) is 5.98. The average molecular weight is 256 g/mol. The van der Waals surface area contributed by atoms with E-state index in [4.69, 9.17) is 10.5 Å². The SMILES string of the molecule is CC1(C)CC(CN)(c2ccccc2)CCO1.Cl. The fourth-order valence-electron chi connectivity index (χ4n) is 2.81. The minimum absolute atomic E-state index is 0. The van der Waals surface area contributed by atoms with Gasteiger partial charge in [0.1, 0.15) is 0 Å². The van der Waals surface area contributed by atoms with E-state index >= 15 is 0 Å². The molecule has 2 nitrogen and oxygen atoms in total. The van der Waals surface area contributed by atoms with Gasteiger partial charge in [-0.15, -0.1) is 12.4 Å². The summed E-state index contributed by atoms with van der Waals surface area (Å²) in [5.41, 5.74) is 7.43. The number of nitrogens with two attached hydrogens (primary N) is 1. The first-order valence-electron chi connectivity index (χ1n) is 5.98. The molecule has 1 aromatic carbocycles. The van der Waals surface area contributed by atoms with Crippen molar-refractivity contribution in [3.05, 3.63) is 35.9 Å². The van der Waals surface area contributed by atoms with Crippen molar-refractivity contribution in [2.75, 3.05) is 13.2 Å². The lowest BCUT2D eigenvalue weighted by molar-refractivity contribution is -0.0806. The van der Waals surface area contributed by atoms with Gasteiger partial charge in [-0.25, -0.2) is 0 Å². The fraction of sp³-hybridized carbons (Fsp3) is 0.571. The molecule has 0 amide bonds. The Morgan fingerprint density at radius 3 is 2.41 bits per heavy atom. The molecule has 96 valence electrons. The lowest BCUT2D eigenvalue weighted by atomic mass is 9.69. The molecule has 1 aliphatic heterocycles. The molecule has 1 unspecified atom stereocenters. The van der Waals surface area contributed by atoms with Gasteiger partial charge in [-0.3, -0.25) is 0 Å². The second kappa shape index (κ2) is 5.38. The van der Waals surface area contributed by atoms with Gasteiger partial charge in [0.15, 0.2) is 0 Å². The number of halogens is 1. The van der Waals surface area contributed by atoms with Crippen LogP contribution in [0.5, 0.6) is 0 Å². The standard InChI is InChI=1S/C14H21NO.ClH/c1-13(2)10-14(11-15,8-9-16-13)12-6-4-3-5-7-12;/h3-7H,8-11,15H2,1-2H3;1H. The predicted octanol–water partition coefficient (Wildman–Crippen LogP) is 2.89. The van der Waals surface area contributed by atoms with Crippen LogP contribution in [-0.4, -0.2) is 18.8 Å². The highest BCUT2D eigenvalue weighted by Gasteiger charge is 2.40. The lowest BCUT2D eigenvalue weighted by Gasteiger charge is -2.44. The predicted molar refractivity (Wildman–Crippen MR) is 73.7 cm³/mol. The molecule has 0 aromatic heterocycles. The van der Waals surface area contributed by atoms with Crippen LogP contribution in [0, 0.1) is 0 Å². The Morgan fingerprint density at radius 1 is 1.24 bits per heavy atom. The maximum Gasteiger partial charge on any atom is 0.0635 e. The van der Waals surface area contributed by atoms with Gasteiger partial charge < -0.3 is 10.5 Å². The van der Waals surface area contributed by atoms with Gasteiger partial charge in [0.2, 0.25) is 0 Å². The number of hydrogen-bond acceptors (Lipinski definition) is 2. The van der Waals surface area contributed by atoms with Crippen LogP contribution in [0.3, 0.4) is 0 Å². The number of benzene rings is 1. The summed E-state index contributed by atoms with van der Waals surface area (Å²) in [6, 6.07) is 10.6.